The van der Waals surface area contributed by atoms with Crippen LogP contribution < -0.4 is 21.5 Å². The van der Waals surface area contributed by atoms with Crippen LogP contribution in [0.2, 0.25) is 0 Å². The molecule has 0 bridgehead atoms. The second-order valence-electron chi connectivity index (χ2n) is 8.01. The quantitative estimate of drug-likeness (QED) is 0.500. The normalized spacial score (nSPS) is 14.0. The predicted octanol–water partition coefficient (Wildman–Crippen LogP) is 3.02. The number of piperidine rings is 1. The zero-order chi connectivity index (χ0) is 24.4. The highest BCUT2D eigenvalue weighted by Gasteiger charge is 2.26. The Bertz CT molecular complexity index is 1350. The van der Waals surface area contributed by atoms with Crippen molar-refractivity contribution in [2.24, 2.45) is 5.73 Å². The van der Waals surface area contributed by atoms with Crippen molar-refractivity contribution in [1.29, 1.82) is 10.7 Å². The Kier molecular flexibility index (Phi) is 6.38. The van der Waals surface area contributed by atoms with Crippen LogP contribution in [-0.4, -0.2) is 41.9 Å². The number of nitrogens with two attached hydrogens (primary N) is 1. The number of anilines is 2. The fraction of sp³-hybridized carbons (Fsp3) is 0.250. The molecule has 0 saturated carbocycles. The summed E-state index contributed by atoms with van der Waals surface area (Å²) in [6, 6.07) is 10.4. The van der Waals surface area contributed by atoms with Gasteiger partial charge in [-0.15, -0.1) is 0 Å². The fourth-order valence-corrected chi connectivity index (χ4v) is 4.02. The van der Waals surface area contributed by atoms with Crippen molar-refractivity contribution in [2.45, 2.75) is 18.9 Å². The summed E-state index contributed by atoms with van der Waals surface area (Å²) in [4.78, 5) is 19.5. The van der Waals surface area contributed by atoms with Gasteiger partial charge in [-0.1, -0.05) is 0 Å². The molecule has 0 radical (unpaired) electrons. The van der Waals surface area contributed by atoms with Gasteiger partial charge in [0.15, 0.2) is 5.82 Å². The molecule has 0 spiro atoms. The molecule has 1 aliphatic rings. The first-order valence-corrected chi connectivity index (χ1v) is 10.7. The Labute approximate surface area is 194 Å². The molecule has 4 N–H and O–H groups in total. The Morgan fingerprint density at radius 1 is 1.24 bits per heavy atom. The van der Waals surface area contributed by atoms with Gasteiger partial charge in [-0.25, -0.2) is 9.37 Å². The van der Waals surface area contributed by atoms with Crippen molar-refractivity contribution >= 4 is 17.7 Å². The summed E-state index contributed by atoms with van der Waals surface area (Å²) < 4.78 is 31.0. The molecule has 2 aromatic carbocycles. The van der Waals surface area contributed by atoms with E-state index < -0.39 is 17.2 Å². The zero-order valence-corrected chi connectivity index (χ0v) is 18.5. The van der Waals surface area contributed by atoms with Gasteiger partial charge < -0.3 is 21.4 Å². The van der Waals surface area contributed by atoms with E-state index in [9.17, 15) is 9.18 Å². The second-order valence-corrected chi connectivity index (χ2v) is 8.01. The van der Waals surface area contributed by atoms with Crippen molar-refractivity contribution < 1.29 is 8.78 Å². The summed E-state index contributed by atoms with van der Waals surface area (Å²) in [5, 5.41) is 19.7. The first kappa shape index (κ1) is 23.1. The van der Waals surface area contributed by atoms with E-state index >= 15 is 4.39 Å². The van der Waals surface area contributed by atoms with Crippen LogP contribution in [0.4, 0.5) is 20.3 Å². The number of nitrogens with one attached hydrogen (secondary N) is 2. The molecule has 1 fully saturated rings. The maximum atomic E-state index is 15.4. The number of rotatable bonds is 5. The van der Waals surface area contributed by atoms with Crippen molar-refractivity contribution in [3.63, 3.8) is 0 Å². The number of halogens is 2. The Hall–Kier alpha value is -4.10. The van der Waals surface area contributed by atoms with Crippen LogP contribution in [-0.2, 0) is 0 Å². The summed E-state index contributed by atoms with van der Waals surface area (Å²) in [7, 11) is 1.69. The van der Waals surface area contributed by atoms with E-state index in [1.807, 2.05) is 0 Å². The van der Waals surface area contributed by atoms with Gasteiger partial charge in [0.1, 0.15) is 17.7 Å². The van der Waals surface area contributed by atoms with Crippen molar-refractivity contribution in [2.75, 3.05) is 30.4 Å². The first-order valence-electron chi connectivity index (χ1n) is 10.7. The summed E-state index contributed by atoms with van der Waals surface area (Å²) in [5.74, 6) is -1.90. The van der Waals surface area contributed by atoms with E-state index in [1.165, 1.54) is 12.1 Å². The van der Waals surface area contributed by atoms with Gasteiger partial charge >= 0.3 is 0 Å². The highest BCUT2D eigenvalue weighted by Crippen LogP contribution is 2.28. The number of nitriles is 1. The molecule has 0 atom stereocenters. The lowest BCUT2D eigenvalue weighted by atomic mass is 10.1. The monoisotopic (exact) mass is 463 g/mol. The van der Waals surface area contributed by atoms with Crippen LogP contribution in [0.5, 0.6) is 0 Å². The van der Waals surface area contributed by atoms with E-state index in [-0.39, 0.29) is 34.5 Å². The fourth-order valence-electron chi connectivity index (χ4n) is 4.02. The van der Waals surface area contributed by atoms with Crippen molar-refractivity contribution in [3.8, 4) is 23.1 Å². The molecule has 3 aromatic rings. The highest BCUT2D eigenvalue weighted by molar-refractivity contribution is 5.87. The summed E-state index contributed by atoms with van der Waals surface area (Å²) in [5.41, 5.74) is 6.44. The lowest BCUT2D eigenvalue weighted by Crippen LogP contribution is -2.42. The standard InChI is InChI=1S/C24H23F2N7O/c1-30-20-5-4-18(10-16(20)13-28)33-22(14-2-3-15(12-27)19(25)11-14)31-23(21(26)24(33)34)32-8-6-17(29)7-9-32/h2-5,10-11,13,17,28,30H,6-9,29H2,1H3. The third-order valence-corrected chi connectivity index (χ3v) is 5.92. The molecule has 34 heavy (non-hydrogen) atoms. The van der Waals surface area contributed by atoms with Crippen molar-refractivity contribution in [1.82, 2.24) is 9.55 Å². The van der Waals surface area contributed by atoms with E-state index in [0.717, 1.165) is 16.8 Å². The van der Waals surface area contributed by atoms with Gasteiger partial charge in [-0.2, -0.15) is 9.65 Å². The van der Waals surface area contributed by atoms with E-state index in [2.05, 4.69) is 10.3 Å². The van der Waals surface area contributed by atoms with Crippen LogP contribution in [0.3, 0.4) is 0 Å². The third-order valence-electron chi connectivity index (χ3n) is 5.92. The van der Waals surface area contributed by atoms with Gasteiger partial charge in [0.05, 0.1) is 11.3 Å². The summed E-state index contributed by atoms with van der Waals surface area (Å²) in [6.45, 7) is 0.870. The lowest BCUT2D eigenvalue weighted by molar-refractivity contribution is 0.486. The molecule has 0 amide bonds. The van der Waals surface area contributed by atoms with Crippen LogP contribution >= 0.6 is 0 Å². The van der Waals surface area contributed by atoms with Crippen LogP contribution in [0, 0.1) is 28.4 Å². The number of benzene rings is 2. The molecule has 0 unspecified atom stereocenters. The Morgan fingerprint density at radius 3 is 2.59 bits per heavy atom. The molecule has 2 heterocycles. The van der Waals surface area contributed by atoms with Gasteiger partial charge in [-0.3, -0.25) is 9.36 Å². The van der Waals surface area contributed by atoms with Gasteiger partial charge in [0.2, 0.25) is 5.82 Å². The average molecular weight is 463 g/mol. The molecule has 4 rings (SSSR count). The minimum Gasteiger partial charge on any atom is -0.388 e. The first-order chi connectivity index (χ1) is 16.4. The molecular weight excluding hydrogens is 440 g/mol. The van der Waals surface area contributed by atoms with Crippen LogP contribution in [0.1, 0.15) is 24.0 Å². The molecule has 1 saturated heterocycles. The van der Waals surface area contributed by atoms with E-state index in [0.29, 0.717) is 37.2 Å². The SMILES string of the molecule is CNc1ccc(-n2c(-c3ccc(C#N)c(F)c3)nc(N3CCC(N)CC3)c(F)c2=O)cc1C=N. The molecular formula is C24H23F2N7O. The average Bonchev–Trinajstić information content (AvgIpc) is 2.85. The summed E-state index contributed by atoms with van der Waals surface area (Å²) in [6.07, 6.45) is 2.36. The predicted molar refractivity (Wildman–Crippen MR) is 127 cm³/mol. The van der Waals surface area contributed by atoms with E-state index in [1.54, 1.807) is 36.2 Å². The maximum Gasteiger partial charge on any atom is 0.296 e. The van der Waals surface area contributed by atoms with Gasteiger partial charge in [-0.05, 0) is 49.2 Å². The topological polar surface area (TPSA) is 124 Å². The Morgan fingerprint density at radius 2 is 1.97 bits per heavy atom. The maximum absolute atomic E-state index is 15.4. The Balaban J connectivity index is 1.98. The molecule has 0 aliphatic carbocycles. The van der Waals surface area contributed by atoms with Crippen LogP contribution in [0.15, 0.2) is 41.2 Å². The highest BCUT2D eigenvalue weighted by atomic mass is 19.1. The largest absolute Gasteiger partial charge is 0.388 e. The molecule has 1 aliphatic heterocycles. The third kappa shape index (κ3) is 4.13. The minimum absolute atomic E-state index is 0.00277. The molecule has 1 aromatic heterocycles. The van der Waals surface area contributed by atoms with Gasteiger partial charge in [0.25, 0.3) is 5.56 Å². The zero-order valence-electron chi connectivity index (χ0n) is 18.5. The summed E-state index contributed by atoms with van der Waals surface area (Å²) >= 11 is 0. The lowest BCUT2D eigenvalue weighted by Gasteiger charge is -2.31. The number of nitrogens with zero attached hydrogens (tertiary/aromatic N) is 4. The second kappa shape index (κ2) is 9.41. The minimum atomic E-state index is -1.03. The number of hydrogen-bond donors (Lipinski definition) is 3. The van der Waals surface area contributed by atoms with Gasteiger partial charge in [0, 0.05) is 49.2 Å². The number of hydrogen-bond acceptors (Lipinski definition) is 7. The molecule has 10 heteroatoms. The molecule has 8 nitrogen and oxygen atoms in total. The van der Waals surface area contributed by atoms with Crippen LogP contribution in [0.25, 0.3) is 17.1 Å². The number of aromatic nitrogens is 2. The smallest absolute Gasteiger partial charge is 0.296 e. The van der Waals surface area contributed by atoms with Crippen molar-refractivity contribution in [3.05, 3.63) is 69.5 Å². The molecule has 174 valence electrons. The van der Waals surface area contributed by atoms with E-state index in [4.69, 9.17) is 16.4 Å².